The average molecular weight is 445 g/mol. The number of thiophene rings is 1. The maximum absolute atomic E-state index is 12.7. The summed E-state index contributed by atoms with van der Waals surface area (Å²) < 4.78 is 10.6. The van der Waals surface area contributed by atoms with Crippen LogP contribution in [0.4, 0.5) is 5.00 Å². The second-order valence-corrected chi connectivity index (χ2v) is 10.2. The molecule has 0 saturated carbocycles. The van der Waals surface area contributed by atoms with E-state index in [2.05, 4.69) is 26.1 Å². The van der Waals surface area contributed by atoms with Crippen LogP contribution in [-0.4, -0.2) is 26.0 Å². The smallest absolute Gasteiger partial charge is 0.251 e. The van der Waals surface area contributed by atoms with Crippen LogP contribution < -0.4 is 20.5 Å². The number of aryl methyl sites for hydroxylation is 1. The maximum Gasteiger partial charge on any atom is 0.251 e. The highest BCUT2D eigenvalue weighted by molar-refractivity contribution is 7.17. The van der Waals surface area contributed by atoms with Gasteiger partial charge in [0.05, 0.1) is 19.8 Å². The Morgan fingerprint density at radius 1 is 1.19 bits per heavy atom. The molecule has 7 heteroatoms. The molecule has 1 heterocycles. The molecule has 1 aromatic carbocycles. The summed E-state index contributed by atoms with van der Waals surface area (Å²) in [6.07, 6.45) is 3.62. The predicted molar refractivity (Wildman–Crippen MR) is 124 cm³/mol. The summed E-state index contributed by atoms with van der Waals surface area (Å²) in [4.78, 5) is 26.0. The molecule has 0 fully saturated rings. The number of fused-ring (bicyclic) bond motifs is 1. The first-order chi connectivity index (χ1) is 14.6. The number of nitrogens with one attached hydrogen (secondary N) is 1. The fraction of sp³-hybridized carbons (Fsp3) is 0.500. The Labute approximate surface area is 188 Å². The van der Waals surface area contributed by atoms with Crippen molar-refractivity contribution in [2.24, 2.45) is 17.1 Å². The molecule has 1 unspecified atom stereocenters. The molecule has 6 nitrogen and oxygen atoms in total. The Hall–Kier alpha value is -2.54. The highest BCUT2D eigenvalue weighted by Crippen LogP contribution is 2.44. The van der Waals surface area contributed by atoms with E-state index < -0.39 is 5.91 Å². The second-order valence-electron chi connectivity index (χ2n) is 9.12. The lowest BCUT2D eigenvalue weighted by Crippen LogP contribution is -2.27. The van der Waals surface area contributed by atoms with Crippen molar-refractivity contribution in [2.75, 3.05) is 19.5 Å². The zero-order valence-electron chi connectivity index (χ0n) is 19.0. The second kappa shape index (κ2) is 9.30. The molecule has 0 radical (unpaired) electrons. The van der Waals surface area contributed by atoms with Crippen molar-refractivity contribution in [1.29, 1.82) is 0 Å². The first kappa shape index (κ1) is 23.1. The Kier molecular flexibility index (Phi) is 6.94. The van der Waals surface area contributed by atoms with Gasteiger partial charge >= 0.3 is 0 Å². The number of hydrogen-bond donors (Lipinski definition) is 2. The third kappa shape index (κ3) is 5.21. The minimum absolute atomic E-state index is 0.136. The van der Waals surface area contributed by atoms with Gasteiger partial charge in [-0.25, -0.2) is 0 Å². The van der Waals surface area contributed by atoms with E-state index in [1.807, 2.05) is 18.2 Å². The van der Waals surface area contributed by atoms with E-state index in [4.69, 9.17) is 15.2 Å². The molecule has 2 amide bonds. The predicted octanol–water partition coefficient (Wildman–Crippen LogP) is 4.59. The summed E-state index contributed by atoms with van der Waals surface area (Å²) >= 11 is 1.50. The Balaban J connectivity index is 1.72. The summed E-state index contributed by atoms with van der Waals surface area (Å²) in [6.45, 7) is 6.76. The van der Waals surface area contributed by atoms with Crippen molar-refractivity contribution in [2.45, 2.75) is 52.9 Å². The number of rotatable bonds is 7. The fourth-order valence-corrected chi connectivity index (χ4v) is 5.51. The zero-order valence-corrected chi connectivity index (χ0v) is 19.8. The summed E-state index contributed by atoms with van der Waals surface area (Å²) in [5, 5.41) is 3.53. The molecule has 0 aliphatic heterocycles. The van der Waals surface area contributed by atoms with Crippen molar-refractivity contribution in [1.82, 2.24) is 0 Å². The molecular formula is C24H32N2O4S. The molecule has 168 valence electrons. The number of benzene rings is 1. The molecule has 3 rings (SSSR count). The number of methoxy groups -OCH3 is 2. The van der Waals surface area contributed by atoms with Gasteiger partial charge in [0.1, 0.15) is 5.00 Å². The van der Waals surface area contributed by atoms with E-state index in [9.17, 15) is 9.59 Å². The fourth-order valence-electron chi connectivity index (χ4n) is 4.16. The Morgan fingerprint density at radius 2 is 1.90 bits per heavy atom. The quantitative estimate of drug-likeness (QED) is 0.654. The number of carbonyl (C=O) groups is 2. The van der Waals surface area contributed by atoms with Crippen LogP contribution in [-0.2, 0) is 24.1 Å². The molecular weight excluding hydrogens is 412 g/mol. The van der Waals surface area contributed by atoms with E-state index >= 15 is 0 Å². The number of ether oxygens (including phenoxy) is 2. The van der Waals surface area contributed by atoms with Crippen LogP contribution in [0, 0.1) is 11.3 Å². The van der Waals surface area contributed by atoms with E-state index in [0.717, 1.165) is 30.4 Å². The van der Waals surface area contributed by atoms with Crippen molar-refractivity contribution in [3.05, 3.63) is 39.8 Å². The topological polar surface area (TPSA) is 90.6 Å². The lowest BCUT2D eigenvalue weighted by molar-refractivity contribution is -0.116. The summed E-state index contributed by atoms with van der Waals surface area (Å²) in [7, 11) is 3.17. The van der Waals surface area contributed by atoms with Crippen molar-refractivity contribution in [3.63, 3.8) is 0 Å². The molecule has 0 saturated heterocycles. The SMILES string of the molecule is COc1ccc(CCC(=O)Nc2sc3c(c2C(N)=O)CCC(C(C)(C)C)C3)cc1OC. The van der Waals surface area contributed by atoms with Gasteiger partial charge in [-0.3, -0.25) is 9.59 Å². The van der Waals surface area contributed by atoms with Crippen molar-refractivity contribution in [3.8, 4) is 11.5 Å². The van der Waals surface area contributed by atoms with Gasteiger partial charge in [0.25, 0.3) is 5.91 Å². The number of carbonyl (C=O) groups excluding carboxylic acids is 2. The van der Waals surface area contributed by atoms with E-state index in [0.29, 0.717) is 40.8 Å². The van der Waals surface area contributed by atoms with E-state index in [-0.39, 0.29) is 11.3 Å². The molecule has 31 heavy (non-hydrogen) atoms. The molecule has 1 atom stereocenters. The van der Waals surface area contributed by atoms with Gasteiger partial charge in [-0.15, -0.1) is 11.3 Å². The van der Waals surface area contributed by atoms with Gasteiger partial charge in [-0.2, -0.15) is 0 Å². The first-order valence-electron chi connectivity index (χ1n) is 10.6. The highest BCUT2D eigenvalue weighted by atomic mass is 32.1. The lowest BCUT2D eigenvalue weighted by Gasteiger charge is -2.33. The minimum Gasteiger partial charge on any atom is -0.493 e. The Morgan fingerprint density at radius 3 is 2.52 bits per heavy atom. The number of hydrogen-bond acceptors (Lipinski definition) is 5. The number of amides is 2. The van der Waals surface area contributed by atoms with Crippen molar-refractivity contribution >= 4 is 28.2 Å². The summed E-state index contributed by atoms with van der Waals surface area (Å²) in [6, 6.07) is 5.62. The van der Waals surface area contributed by atoms with Crippen LogP contribution >= 0.6 is 11.3 Å². The molecule has 0 bridgehead atoms. The van der Waals surface area contributed by atoms with Crippen LogP contribution in [0.2, 0.25) is 0 Å². The van der Waals surface area contributed by atoms with Gasteiger partial charge < -0.3 is 20.5 Å². The maximum atomic E-state index is 12.7. The normalized spacial score (nSPS) is 15.8. The molecule has 1 aliphatic carbocycles. The molecule has 1 aliphatic rings. The molecule has 2 aromatic rings. The highest BCUT2D eigenvalue weighted by Gasteiger charge is 2.33. The summed E-state index contributed by atoms with van der Waals surface area (Å²) in [5.74, 6) is 1.23. The van der Waals surface area contributed by atoms with Crippen LogP contribution in [0.25, 0.3) is 0 Å². The largest absolute Gasteiger partial charge is 0.493 e. The van der Waals surface area contributed by atoms with Gasteiger partial charge in [0.15, 0.2) is 11.5 Å². The van der Waals surface area contributed by atoms with Crippen LogP contribution in [0.1, 0.15) is 60.0 Å². The third-order valence-electron chi connectivity index (χ3n) is 6.08. The van der Waals surface area contributed by atoms with Gasteiger partial charge in [0.2, 0.25) is 5.91 Å². The standard InChI is InChI=1S/C24H32N2O4S/c1-24(2,3)15-8-9-16-19(13-15)31-23(21(16)22(25)28)26-20(27)11-7-14-6-10-17(29-4)18(12-14)30-5/h6,10,12,15H,7-9,11,13H2,1-5H3,(H2,25,28)(H,26,27). The minimum atomic E-state index is -0.470. The van der Waals surface area contributed by atoms with Crippen LogP contribution in [0.3, 0.4) is 0 Å². The first-order valence-corrected chi connectivity index (χ1v) is 11.4. The Bertz CT molecular complexity index is 975. The molecule has 1 aromatic heterocycles. The molecule has 3 N–H and O–H groups in total. The monoisotopic (exact) mass is 444 g/mol. The zero-order chi connectivity index (χ0) is 22.8. The number of nitrogens with two attached hydrogens (primary N) is 1. The lowest BCUT2D eigenvalue weighted by atomic mass is 9.72. The number of anilines is 1. The summed E-state index contributed by atoms with van der Waals surface area (Å²) in [5.41, 5.74) is 8.39. The van der Waals surface area contributed by atoms with Gasteiger partial charge in [0, 0.05) is 11.3 Å². The van der Waals surface area contributed by atoms with Gasteiger partial charge in [-0.1, -0.05) is 26.8 Å². The van der Waals surface area contributed by atoms with Gasteiger partial charge in [-0.05, 0) is 60.3 Å². The van der Waals surface area contributed by atoms with E-state index in [1.54, 1.807) is 14.2 Å². The van der Waals surface area contributed by atoms with Crippen LogP contribution in [0.5, 0.6) is 11.5 Å². The van der Waals surface area contributed by atoms with E-state index in [1.165, 1.54) is 16.2 Å². The van der Waals surface area contributed by atoms with Crippen LogP contribution in [0.15, 0.2) is 18.2 Å². The number of primary amides is 1. The molecule has 0 spiro atoms. The third-order valence-corrected chi connectivity index (χ3v) is 7.25. The average Bonchev–Trinajstić information content (AvgIpc) is 3.08. The van der Waals surface area contributed by atoms with Crippen molar-refractivity contribution < 1.29 is 19.1 Å².